The van der Waals surface area contributed by atoms with Gasteiger partial charge in [-0.05, 0) is 36.1 Å². The van der Waals surface area contributed by atoms with Crippen LogP contribution in [-0.2, 0) is 11.2 Å². The van der Waals surface area contributed by atoms with Gasteiger partial charge in [0.05, 0.1) is 5.02 Å². The van der Waals surface area contributed by atoms with E-state index in [0.29, 0.717) is 33.8 Å². The molecule has 2 heterocycles. The number of nitrogens with zero attached hydrogens (tertiary/aromatic N) is 2. The third kappa shape index (κ3) is 6.11. The predicted molar refractivity (Wildman–Crippen MR) is 117 cm³/mol. The Kier molecular flexibility index (Phi) is 7.34. The summed E-state index contributed by atoms with van der Waals surface area (Å²) in [5.41, 5.74) is 11.5. The number of benzene rings is 1. The first-order valence-corrected chi connectivity index (χ1v) is 10.2. The number of ether oxygens (including phenoxy) is 1. The van der Waals surface area contributed by atoms with Gasteiger partial charge in [-0.3, -0.25) is 15.6 Å². The summed E-state index contributed by atoms with van der Waals surface area (Å²) in [6.45, 7) is 0.411. The first-order valence-electron chi connectivity index (χ1n) is 8.52. The number of nitrogen functional groups attached to an aromatic ring is 1. The summed E-state index contributed by atoms with van der Waals surface area (Å²) in [5, 5.41) is 5.99. The van der Waals surface area contributed by atoms with Gasteiger partial charge in [0.2, 0.25) is 0 Å². The molecule has 11 heteroatoms. The fourth-order valence-electron chi connectivity index (χ4n) is 2.30. The molecule has 8 nitrogen and oxygen atoms in total. The second-order valence-electron chi connectivity index (χ2n) is 5.78. The van der Waals surface area contributed by atoms with Crippen LogP contribution in [-0.4, -0.2) is 29.0 Å². The number of nitrogens with one attached hydrogen (secondary N) is 3. The second kappa shape index (κ2) is 10.1. The average molecular weight is 453 g/mol. The first kappa shape index (κ1) is 21.0. The van der Waals surface area contributed by atoms with Gasteiger partial charge in [0.25, 0.3) is 5.91 Å². The molecule has 0 atom stereocenters. The van der Waals surface area contributed by atoms with E-state index in [4.69, 9.17) is 33.7 Å². The van der Waals surface area contributed by atoms with E-state index in [-0.39, 0.29) is 12.4 Å². The molecule has 2 aromatic heterocycles. The van der Waals surface area contributed by atoms with Gasteiger partial charge >= 0.3 is 0 Å². The van der Waals surface area contributed by atoms with Crippen LogP contribution in [0.3, 0.4) is 0 Å². The molecule has 0 aliphatic heterocycles. The fourth-order valence-corrected chi connectivity index (χ4v) is 3.47. The number of carbonyl (C=O) groups is 1. The standard InChI is InChI=1S/C18H18Cl2N6O2S/c19-11-3-4-14(13(20)8-11)28-9-15(27)25-26-18-16(21)17(23-10-24-18)22-6-5-12-2-1-7-29-12/h1-4,7-8,10H,5-6,9,21H2,(H,25,27)(H2,22,23,24,26). The van der Waals surface area contributed by atoms with E-state index in [1.807, 2.05) is 11.4 Å². The smallest absolute Gasteiger partial charge is 0.276 e. The van der Waals surface area contributed by atoms with Crippen molar-refractivity contribution >= 4 is 57.8 Å². The number of hydrogen-bond donors (Lipinski definition) is 4. The van der Waals surface area contributed by atoms with Crippen molar-refractivity contribution in [1.82, 2.24) is 15.4 Å². The molecule has 3 rings (SSSR count). The zero-order valence-electron chi connectivity index (χ0n) is 15.1. The van der Waals surface area contributed by atoms with Crippen LogP contribution in [0, 0.1) is 0 Å². The summed E-state index contributed by atoms with van der Waals surface area (Å²) >= 11 is 13.5. The Morgan fingerprint density at radius 3 is 2.79 bits per heavy atom. The van der Waals surface area contributed by atoms with Crippen molar-refractivity contribution in [2.75, 3.05) is 29.6 Å². The molecule has 1 amide bonds. The molecule has 1 aromatic carbocycles. The third-order valence-corrected chi connectivity index (χ3v) is 5.17. The summed E-state index contributed by atoms with van der Waals surface area (Å²) in [6, 6.07) is 8.81. The van der Waals surface area contributed by atoms with Gasteiger partial charge < -0.3 is 15.8 Å². The predicted octanol–water partition coefficient (Wildman–Crippen LogP) is 3.60. The number of halogens is 2. The van der Waals surface area contributed by atoms with Gasteiger partial charge in [0, 0.05) is 16.4 Å². The maximum absolute atomic E-state index is 12.0. The number of rotatable bonds is 9. The highest BCUT2D eigenvalue weighted by molar-refractivity contribution is 7.09. The van der Waals surface area contributed by atoms with Crippen molar-refractivity contribution in [3.05, 3.63) is 57.0 Å². The SMILES string of the molecule is Nc1c(NCCc2cccs2)ncnc1NNC(=O)COc1ccc(Cl)cc1Cl. The lowest BCUT2D eigenvalue weighted by Gasteiger charge is -2.13. The van der Waals surface area contributed by atoms with E-state index < -0.39 is 5.91 Å². The molecule has 0 fully saturated rings. The Labute approximate surface area is 181 Å². The minimum Gasteiger partial charge on any atom is -0.482 e. The van der Waals surface area contributed by atoms with E-state index in [9.17, 15) is 4.79 Å². The van der Waals surface area contributed by atoms with Gasteiger partial charge in [0.1, 0.15) is 17.8 Å². The maximum Gasteiger partial charge on any atom is 0.276 e. The average Bonchev–Trinajstić information content (AvgIpc) is 3.21. The number of carbonyl (C=O) groups excluding carboxylic acids is 1. The van der Waals surface area contributed by atoms with Crippen LogP contribution >= 0.6 is 34.5 Å². The number of hydrogen-bond acceptors (Lipinski definition) is 8. The molecule has 0 aliphatic carbocycles. The van der Waals surface area contributed by atoms with Crippen molar-refractivity contribution < 1.29 is 9.53 Å². The van der Waals surface area contributed by atoms with Crippen molar-refractivity contribution in [1.29, 1.82) is 0 Å². The van der Waals surface area contributed by atoms with Gasteiger partial charge in [-0.25, -0.2) is 9.97 Å². The number of hydrazine groups is 1. The van der Waals surface area contributed by atoms with Crippen LogP contribution < -0.4 is 26.6 Å². The van der Waals surface area contributed by atoms with Gasteiger partial charge in [-0.2, -0.15) is 0 Å². The van der Waals surface area contributed by atoms with Gasteiger partial charge in [-0.15, -0.1) is 11.3 Å². The number of amides is 1. The number of thiophene rings is 1. The summed E-state index contributed by atoms with van der Waals surface area (Å²) < 4.78 is 5.37. The van der Waals surface area contributed by atoms with Crippen LogP contribution in [0.1, 0.15) is 4.88 Å². The molecule has 0 saturated carbocycles. The van der Waals surface area contributed by atoms with Crippen LogP contribution in [0.25, 0.3) is 0 Å². The van der Waals surface area contributed by atoms with E-state index >= 15 is 0 Å². The summed E-state index contributed by atoms with van der Waals surface area (Å²) in [5.74, 6) is 0.667. The Hall–Kier alpha value is -2.75. The number of aromatic nitrogens is 2. The summed E-state index contributed by atoms with van der Waals surface area (Å²) in [4.78, 5) is 21.4. The van der Waals surface area contributed by atoms with Crippen molar-refractivity contribution in [2.45, 2.75) is 6.42 Å². The topological polar surface area (TPSA) is 114 Å². The Morgan fingerprint density at radius 1 is 1.21 bits per heavy atom. The molecule has 0 spiro atoms. The molecule has 29 heavy (non-hydrogen) atoms. The van der Waals surface area contributed by atoms with E-state index in [1.54, 1.807) is 23.5 Å². The first-order chi connectivity index (χ1) is 14.0. The quantitative estimate of drug-likeness (QED) is 0.366. The summed E-state index contributed by atoms with van der Waals surface area (Å²) in [7, 11) is 0. The second-order valence-corrected chi connectivity index (χ2v) is 7.65. The highest BCUT2D eigenvalue weighted by Gasteiger charge is 2.10. The molecule has 0 bridgehead atoms. The van der Waals surface area contributed by atoms with Crippen molar-refractivity contribution in [2.24, 2.45) is 0 Å². The zero-order valence-corrected chi connectivity index (χ0v) is 17.4. The summed E-state index contributed by atoms with van der Waals surface area (Å²) in [6.07, 6.45) is 2.20. The lowest BCUT2D eigenvalue weighted by atomic mass is 10.3. The Bertz CT molecular complexity index is 971. The molecule has 5 N–H and O–H groups in total. The monoisotopic (exact) mass is 452 g/mol. The highest BCUT2D eigenvalue weighted by Crippen LogP contribution is 2.27. The normalized spacial score (nSPS) is 10.4. The van der Waals surface area contributed by atoms with Gasteiger partial charge in [0.15, 0.2) is 18.2 Å². The van der Waals surface area contributed by atoms with Crippen molar-refractivity contribution in [3.63, 3.8) is 0 Å². The third-order valence-electron chi connectivity index (χ3n) is 3.70. The Morgan fingerprint density at radius 2 is 2.03 bits per heavy atom. The Balaban J connectivity index is 1.48. The van der Waals surface area contributed by atoms with Crippen LogP contribution in [0.5, 0.6) is 5.75 Å². The minimum atomic E-state index is -0.443. The lowest BCUT2D eigenvalue weighted by molar-refractivity contribution is -0.122. The number of anilines is 3. The van der Waals surface area contributed by atoms with Crippen LogP contribution in [0.4, 0.5) is 17.3 Å². The molecule has 0 aliphatic rings. The van der Waals surface area contributed by atoms with E-state index in [2.05, 4.69) is 32.2 Å². The molecule has 152 valence electrons. The van der Waals surface area contributed by atoms with Crippen LogP contribution in [0.2, 0.25) is 10.0 Å². The fraction of sp³-hybridized carbons (Fsp3) is 0.167. The zero-order chi connectivity index (χ0) is 20.6. The molecular formula is C18H18Cl2N6O2S. The number of nitrogens with two attached hydrogens (primary N) is 1. The van der Waals surface area contributed by atoms with Crippen molar-refractivity contribution in [3.8, 4) is 5.75 Å². The molecular weight excluding hydrogens is 435 g/mol. The molecule has 0 radical (unpaired) electrons. The lowest BCUT2D eigenvalue weighted by Crippen LogP contribution is -2.34. The molecule has 3 aromatic rings. The van der Waals surface area contributed by atoms with E-state index in [1.165, 1.54) is 17.3 Å². The minimum absolute atomic E-state index is 0.259. The highest BCUT2D eigenvalue weighted by atomic mass is 35.5. The van der Waals surface area contributed by atoms with E-state index in [0.717, 1.165) is 6.42 Å². The largest absolute Gasteiger partial charge is 0.482 e. The maximum atomic E-state index is 12.0. The van der Waals surface area contributed by atoms with Gasteiger partial charge in [-0.1, -0.05) is 29.3 Å². The van der Waals surface area contributed by atoms with Crippen LogP contribution in [0.15, 0.2) is 42.0 Å². The molecule has 0 unspecified atom stereocenters. The molecule has 0 saturated heterocycles.